The van der Waals surface area contributed by atoms with Gasteiger partial charge in [0, 0.05) is 12.5 Å². The lowest BCUT2D eigenvalue weighted by atomic mass is 9.79. The SMILES string of the molecule is CCO[C@@H]1OC(C)[C@@H](C)[C@H](C)C1C. The van der Waals surface area contributed by atoms with Gasteiger partial charge in [0.2, 0.25) is 0 Å². The molecule has 5 atom stereocenters. The molecule has 2 unspecified atom stereocenters. The van der Waals surface area contributed by atoms with E-state index in [1.54, 1.807) is 0 Å². The van der Waals surface area contributed by atoms with Crippen molar-refractivity contribution in [2.24, 2.45) is 17.8 Å². The summed E-state index contributed by atoms with van der Waals surface area (Å²) in [6.07, 6.45) is 0.328. The van der Waals surface area contributed by atoms with Crippen LogP contribution in [0, 0.1) is 17.8 Å². The van der Waals surface area contributed by atoms with Crippen molar-refractivity contribution in [1.82, 2.24) is 0 Å². The largest absolute Gasteiger partial charge is 0.353 e. The van der Waals surface area contributed by atoms with Crippen LogP contribution in [0.2, 0.25) is 0 Å². The zero-order valence-corrected chi connectivity index (χ0v) is 9.41. The van der Waals surface area contributed by atoms with Crippen LogP contribution in [0.4, 0.5) is 0 Å². The Morgan fingerprint density at radius 1 is 1.00 bits per heavy atom. The van der Waals surface area contributed by atoms with E-state index in [2.05, 4.69) is 27.7 Å². The van der Waals surface area contributed by atoms with Crippen LogP contribution in [-0.4, -0.2) is 19.0 Å². The van der Waals surface area contributed by atoms with Crippen LogP contribution in [0.5, 0.6) is 0 Å². The predicted octanol–water partition coefficient (Wildman–Crippen LogP) is 2.68. The molecule has 0 aromatic carbocycles. The van der Waals surface area contributed by atoms with E-state index in [-0.39, 0.29) is 6.29 Å². The molecule has 0 amide bonds. The Kier molecular flexibility index (Phi) is 3.74. The van der Waals surface area contributed by atoms with E-state index in [1.165, 1.54) is 0 Å². The Labute approximate surface area is 81.6 Å². The third-order valence-electron chi connectivity index (χ3n) is 3.51. The average molecular weight is 186 g/mol. The van der Waals surface area contributed by atoms with Gasteiger partial charge in [-0.15, -0.1) is 0 Å². The molecule has 1 heterocycles. The molecule has 78 valence electrons. The zero-order valence-electron chi connectivity index (χ0n) is 9.41. The van der Waals surface area contributed by atoms with Gasteiger partial charge in [0.15, 0.2) is 6.29 Å². The van der Waals surface area contributed by atoms with Crippen molar-refractivity contribution in [1.29, 1.82) is 0 Å². The number of rotatable bonds is 2. The molecule has 0 radical (unpaired) electrons. The number of hydrogen-bond acceptors (Lipinski definition) is 2. The molecule has 0 N–H and O–H groups in total. The van der Waals surface area contributed by atoms with Gasteiger partial charge >= 0.3 is 0 Å². The van der Waals surface area contributed by atoms with Gasteiger partial charge in [-0.3, -0.25) is 0 Å². The Morgan fingerprint density at radius 3 is 2.15 bits per heavy atom. The monoisotopic (exact) mass is 186 g/mol. The van der Waals surface area contributed by atoms with Gasteiger partial charge in [-0.25, -0.2) is 0 Å². The molecule has 0 aromatic rings. The van der Waals surface area contributed by atoms with Crippen molar-refractivity contribution in [3.05, 3.63) is 0 Å². The summed E-state index contributed by atoms with van der Waals surface area (Å²) in [5, 5.41) is 0. The Bertz CT molecular complexity index is 158. The highest BCUT2D eigenvalue weighted by Crippen LogP contribution is 2.34. The highest BCUT2D eigenvalue weighted by atomic mass is 16.7. The molecule has 2 heteroatoms. The Hall–Kier alpha value is -0.0800. The molecule has 1 aliphatic rings. The fourth-order valence-electron chi connectivity index (χ4n) is 1.97. The molecule has 13 heavy (non-hydrogen) atoms. The summed E-state index contributed by atoms with van der Waals surface area (Å²) in [5.41, 5.74) is 0. The van der Waals surface area contributed by atoms with Crippen LogP contribution in [0.15, 0.2) is 0 Å². The van der Waals surface area contributed by atoms with Gasteiger partial charge in [-0.2, -0.15) is 0 Å². The molecule has 0 saturated carbocycles. The molecule has 0 aromatic heterocycles. The summed E-state index contributed by atoms with van der Waals surface area (Å²) in [6, 6.07) is 0. The smallest absolute Gasteiger partial charge is 0.160 e. The van der Waals surface area contributed by atoms with Crippen molar-refractivity contribution < 1.29 is 9.47 Å². The van der Waals surface area contributed by atoms with E-state index in [0.717, 1.165) is 6.61 Å². The highest BCUT2D eigenvalue weighted by molar-refractivity contribution is 4.80. The second kappa shape index (κ2) is 4.43. The molecular weight excluding hydrogens is 164 g/mol. The number of hydrogen-bond donors (Lipinski definition) is 0. The maximum atomic E-state index is 5.80. The van der Waals surface area contributed by atoms with E-state index < -0.39 is 0 Å². The number of ether oxygens (including phenoxy) is 2. The minimum atomic E-state index is 0.00574. The van der Waals surface area contributed by atoms with E-state index in [0.29, 0.717) is 23.9 Å². The average Bonchev–Trinajstić information content (AvgIpc) is 2.11. The fourth-order valence-corrected chi connectivity index (χ4v) is 1.97. The van der Waals surface area contributed by atoms with Crippen molar-refractivity contribution >= 4 is 0 Å². The van der Waals surface area contributed by atoms with E-state index in [4.69, 9.17) is 9.47 Å². The summed E-state index contributed by atoms with van der Waals surface area (Å²) >= 11 is 0. The Morgan fingerprint density at radius 2 is 1.62 bits per heavy atom. The molecule has 1 aliphatic heterocycles. The minimum Gasteiger partial charge on any atom is -0.353 e. The van der Waals surface area contributed by atoms with Crippen molar-refractivity contribution in [2.45, 2.75) is 47.0 Å². The summed E-state index contributed by atoms with van der Waals surface area (Å²) < 4.78 is 11.4. The third kappa shape index (κ3) is 2.23. The summed E-state index contributed by atoms with van der Waals surface area (Å²) in [6.45, 7) is 11.7. The van der Waals surface area contributed by atoms with E-state index in [1.807, 2.05) is 6.92 Å². The van der Waals surface area contributed by atoms with Gasteiger partial charge in [0.25, 0.3) is 0 Å². The first kappa shape index (κ1) is 11.0. The predicted molar refractivity (Wildman–Crippen MR) is 53.5 cm³/mol. The van der Waals surface area contributed by atoms with Crippen LogP contribution >= 0.6 is 0 Å². The second-order valence-corrected chi connectivity index (χ2v) is 4.24. The highest BCUT2D eigenvalue weighted by Gasteiger charge is 2.37. The van der Waals surface area contributed by atoms with Crippen molar-refractivity contribution in [2.75, 3.05) is 6.61 Å². The summed E-state index contributed by atoms with van der Waals surface area (Å²) in [7, 11) is 0. The molecule has 0 bridgehead atoms. The first-order chi connectivity index (χ1) is 6.07. The van der Waals surface area contributed by atoms with Gasteiger partial charge in [0.05, 0.1) is 6.10 Å². The van der Waals surface area contributed by atoms with Crippen LogP contribution < -0.4 is 0 Å². The summed E-state index contributed by atoms with van der Waals surface area (Å²) in [4.78, 5) is 0. The minimum absolute atomic E-state index is 0.00574. The zero-order chi connectivity index (χ0) is 10.0. The first-order valence-corrected chi connectivity index (χ1v) is 5.35. The molecule has 1 rings (SSSR count). The van der Waals surface area contributed by atoms with E-state index in [9.17, 15) is 0 Å². The fraction of sp³-hybridized carbons (Fsp3) is 1.00. The van der Waals surface area contributed by atoms with Crippen LogP contribution in [0.1, 0.15) is 34.6 Å². The quantitative estimate of drug-likeness (QED) is 0.660. The lowest BCUT2D eigenvalue weighted by Crippen LogP contribution is -2.44. The normalized spacial score (nSPS) is 46.4. The van der Waals surface area contributed by atoms with Crippen LogP contribution in [-0.2, 0) is 9.47 Å². The molecule has 2 nitrogen and oxygen atoms in total. The van der Waals surface area contributed by atoms with Gasteiger partial charge in [-0.1, -0.05) is 20.8 Å². The molecular formula is C11H22O2. The lowest BCUT2D eigenvalue weighted by molar-refractivity contribution is -0.241. The topological polar surface area (TPSA) is 18.5 Å². The molecule has 1 saturated heterocycles. The Balaban J connectivity index is 2.59. The van der Waals surface area contributed by atoms with Crippen molar-refractivity contribution in [3.63, 3.8) is 0 Å². The standard InChI is InChI=1S/C11H22O2/c1-6-12-11-9(4)7(2)8(3)10(5)13-11/h7-11H,6H2,1-5H3/t7-,8-,9?,10?,11+/m0/s1. The molecule has 1 fully saturated rings. The first-order valence-electron chi connectivity index (χ1n) is 5.35. The van der Waals surface area contributed by atoms with E-state index >= 15 is 0 Å². The van der Waals surface area contributed by atoms with Gasteiger partial charge in [0.1, 0.15) is 0 Å². The van der Waals surface area contributed by atoms with Gasteiger partial charge in [-0.05, 0) is 25.7 Å². The van der Waals surface area contributed by atoms with Crippen LogP contribution in [0.25, 0.3) is 0 Å². The summed E-state index contributed by atoms with van der Waals surface area (Å²) in [5.74, 6) is 1.82. The third-order valence-corrected chi connectivity index (χ3v) is 3.51. The van der Waals surface area contributed by atoms with Crippen molar-refractivity contribution in [3.8, 4) is 0 Å². The van der Waals surface area contributed by atoms with Gasteiger partial charge < -0.3 is 9.47 Å². The lowest BCUT2D eigenvalue weighted by Gasteiger charge is -2.42. The second-order valence-electron chi connectivity index (χ2n) is 4.24. The molecule has 0 spiro atoms. The maximum Gasteiger partial charge on any atom is 0.160 e. The molecule has 0 aliphatic carbocycles. The maximum absolute atomic E-state index is 5.80. The van der Waals surface area contributed by atoms with Crippen LogP contribution in [0.3, 0.4) is 0 Å².